The summed E-state index contributed by atoms with van der Waals surface area (Å²) < 4.78 is 17.1. The molecule has 0 radical (unpaired) electrons. The Hall–Kier alpha value is -0.640. The summed E-state index contributed by atoms with van der Waals surface area (Å²) in [6.45, 7) is -0.0488. The van der Waals surface area contributed by atoms with Crippen LogP contribution in [0.25, 0.3) is 0 Å². The van der Waals surface area contributed by atoms with Crippen molar-refractivity contribution in [3.63, 3.8) is 0 Å². The first-order chi connectivity index (χ1) is 7.00. The van der Waals surface area contributed by atoms with Crippen LogP contribution >= 0.6 is 34.8 Å². The number of hydrogen-bond donors (Lipinski definition) is 1. The zero-order valence-corrected chi connectivity index (χ0v) is 9.57. The maximum Gasteiger partial charge on any atom is 0.188 e. The molecule has 0 spiro atoms. The van der Waals surface area contributed by atoms with Gasteiger partial charge in [-0.1, -0.05) is 34.8 Å². The molecular weight excluding hydrogens is 265 g/mol. The molecule has 0 saturated heterocycles. The Labute approximate surface area is 101 Å². The van der Waals surface area contributed by atoms with Gasteiger partial charge in [0, 0.05) is 18.2 Å². The van der Waals surface area contributed by atoms with E-state index in [1.165, 1.54) is 12.1 Å². The standard InChI is InChI=1S/C9H6Cl3FO2/c10-6-3-5(4-7(11)9(6)14)15-2-1-8(12)13/h1,3-4,14H,2H2. The van der Waals surface area contributed by atoms with E-state index in [1.807, 2.05) is 0 Å². The molecule has 15 heavy (non-hydrogen) atoms. The second-order valence-corrected chi connectivity index (χ2v) is 3.72. The predicted molar refractivity (Wildman–Crippen MR) is 58.7 cm³/mol. The van der Waals surface area contributed by atoms with E-state index in [4.69, 9.17) is 39.5 Å². The van der Waals surface area contributed by atoms with E-state index < -0.39 is 5.29 Å². The number of aromatic hydroxyl groups is 1. The number of halogens is 4. The van der Waals surface area contributed by atoms with Crippen LogP contribution in [0.1, 0.15) is 0 Å². The Balaban J connectivity index is 2.75. The van der Waals surface area contributed by atoms with Crippen molar-refractivity contribution in [1.82, 2.24) is 0 Å². The quantitative estimate of drug-likeness (QED) is 0.896. The van der Waals surface area contributed by atoms with E-state index in [0.717, 1.165) is 6.08 Å². The van der Waals surface area contributed by atoms with Crippen molar-refractivity contribution in [2.24, 2.45) is 0 Å². The molecule has 0 aliphatic rings. The minimum Gasteiger partial charge on any atom is -0.505 e. The van der Waals surface area contributed by atoms with E-state index in [1.54, 1.807) is 0 Å². The van der Waals surface area contributed by atoms with Gasteiger partial charge < -0.3 is 9.84 Å². The molecule has 1 N–H and O–H groups in total. The average molecular weight is 272 g/mol. The van der Waals surface area contributed by atoms with Crippen molar-refractivity contribution in [1.29, 1.82) is 0 Å². The number of ether oxygens (including phenoxy) is 1. The highest BCUT2D eigenvalue weighted by Crippen LogP contribution is 2.35. The molecule has 2 nitrogen and oxygen atoms in total. The lowest BCUT2D eigenvalue weighted by atomic mass is 10.3. The molecule has 6 heteroatoms. The summed E-state index contributed by atoms with van der Waals surface area (Å²) in [4.78, 5) is 0. The number of rotatable bonds is 3. The van der Waals surface area contributed by atoms with Gasteiger partial charge in [-0.3, -0.25) is 0 Å². The fourth-order valence-electron chi connectivity index (χ4n) is 0.826. The first-order valence-corrected chi connectivity index (χ1v) is 4.96. The van der Waals surface area contributed by atoms with Crippen molar-refractivity contribution < 1.29 is 14.2 Å². The summed E-state index contributed by atoms with van der Waals surface area (Å²) in [6.07, 6.45) is 1.04. The zero-order chi connectivity index (χ0) is 11.4. The lowest BCUT2D eigenvalue weighted by Gasteiger charge is -2.06. The van der Waals surface area contributed by atoms with Gasteiger partial charge in [0.05, 0.1) is 10.0 Å². The van der Waals surface area contributed by atoms with Gasteiger partial charge in [0.25, 0.3) is 0 Å². The molecular formula is C9H6Cl3FO2. The van der Waals surface area contributed by atoms with Crippen LogP contribution in [-0.4, -0.2) is 11.7 Å². The van der Waals surface area contributed by atoms with Crippen LogP contribution in [0.15, 0.2) is 23.5 Å². The Morgan fingerprint density at radius 3 is 2.40 bits per heavy atom. The molecule has 0 aromatic heterocycles. The molecule has 1 aromatic carbocycles. The molecule has 0 fully saturated rings. The van der Waals surface area contributed by atoms with Crippen LogP contribution in [0.2, 0.25) is 10.0 Å². The molecule has 1 rings (SSSR count). The first kappa shape index (κ1) is 12.4. The maximum absolute atomic E-state index is 12.1. The number of benzene rings is 1. The lowest BCUT2D eigenvalue weighted by Crippen LogP contribution is -1.93. The summed E-state index contributed by atoms with van der Waals surface area (Å²) in [5.74, 6) is 0.0988. The van der Waals surface area contributed by atoms with Crippen LogP contribution in [0, 0.1) is 0 Å². The van der Waals surface area contributed by atoms with Crippen LogP contribution < -0.4 is 4.74 Å². The molecule has 1 aromatic rings. The predicted octanol–water partition coefficient (Wildman–Crippen LogP) is 4.13. The third kappa shape index (κ3) is 3.78. The van der Waals surface area contributed by atoms with Gasteiger partial charge in [-0.25, -0.2) is 0 Å². The van der Waals surface area contributed by atoms with Crippen LogP contribution in [0.4, 0.5) is 4.39 Å². The van der Waals surface area contributed by atoms with Crippen molar-refractivity contribution in [3.8, 4) is 11.5 Å². The highest BCUT2D eigenvalue weighted by molar-refractivity contribution is 6.37. The first-order valence-electron chi connectivity index (χ1n) is 3.82. The molecule has 0 heterocycles. The third-order valence-electron chi connectivity index (χ3n) is 1.48. The summed E-state index contributed by atoms with van der Waals surface area (Å²) in [6, 6.07) is 2.73. The highest BCUT2D eigenvalue weighted by Gasteiger charge is 2.06. The number of phenolic OH excluding ortho intramolecular Hbond substituents is 1. The molecule has 0 amide bonds. The summed E-state index contributed by atoms with van der Waals surface area (Å²) in [7, 11) is 0. The summed E-state index contributed by atoms with van der Waals surface area (Å²) in [5.41, 5.74) is 0. The minimum absolute atomic E-state index is 0.0488. The van der Waals surface area contributed by atoms with E-state index >= 15 is 0 Å². The maximum atomic E-state index is 12.1. The number of phenols is 1. The van der Waals surface area contributed by atoms with Gasteiger partial charge in [0.15, 0.2) is 11.0 Å². The van der Waals surface area contributed by atoms with Crippen LogP contribution in [0.3, 0.4) is 0 Å². The topological polar surface area (TPSA) is 29.5 Å². The van der Waals surface area contributed by atoms with E-state index in [0.29, 0.717) is 5.75 Å². The average Bonchev–Trinajstić information content (AvgIpc) is 2.13. The molecule has 0 unspecified atom stereocenters. The lowest BCUT2D eigenvalue weighted by molar-refractivity contribution is 0.359. The smallest absolute Gasteiger partial charge is 0.188 e. The number of hydrogen-bond acceptors (Lipinski definition) is 2. The van der Waals surface area contributed by atoms with E-state index in [-0.39, 0.29) is 22.4 Å². The third-order valence-corrected chi connectivity index (χ3v) is 2.21. The minimum atomic E-state index is -0.856. The molecule has 82 valence electrons. The van der Waals surface area contributed by atoms with Gasteiger partial charge >= 0.3 is 0 Å². The van der Waals surface area contributed by atoms with Gasteiger partial charge in [-0.2, -0.15) is 4.39 Å². The van der Waals surface area contributed by atoms with Crippen LogP contribution in [-0.2, 0) is 0 Å². The second-order valence-electron chi connectivity index (χ2n) is 2.54. The van der Waals surface area contributed by atoms with Crippen molar-refractivity contribution in [2.75, 3.05) is 6.61 Å². The Kier molecular flexibility index (Phi) is 4.51. The van der Waals surface area contributed by atoms with Crippen LogP contribution in [0.5, 0.6) is 11.5 Å². The van der Waals surface area contributed by atoms with Crippen molar-refractivity contribution >= 4 is 34.8 Å². The Morgan fingerprint density at radius 1 is 1.40 bits per heavy atom. The normalized spacial score (nSPS) is 11.6. The fourth-order valence-corrected chi connectivity index (χ4v) is 1.36. The van der Waals surface area contributed by atoms with Gasteiger partial charge in [-0.05, 0) is 0 Å². The van der Waals surface area contributed by atoms with Crippen molar-refractivity contribution in [2.45, 2.75) is 0 Å². The Bertz CT molecular complexity index is 366. The van der Waals surface area contributed by atoms with Gasteiger partial charge in [0.2, 0.25) is 0 Å². The summed E-state index contributed by atoms with van der Waals surface area (Å²) in [5, 5.41) is 8.50. The SMILES string of the molecule is Oc1c(Cl)cc(OCC=C(F)Cl)cc1Cl. The largest absolute Gasteiger partial charge is 0.505 e. The highest BCUT2D eigenvalue weighted by atomic mass is 35.5. The van der Waals surface area contributed by atoms with E-state index in [9.17, 15) is 9.50 Å². The molecule has 0 saturated carbocycles. The van der Waals surface area contributed by atoms with E-state index in [2.05, 4.69) is 0 Å². The Morgan fingerprint density at radius 2 is 1.93 bits per heavy atom. The summed E-state index contributed by atoms with van der Waals surface area (Å²) >= 11 is 16.2. The monoisotopic (exact) mass is 270 g/mol. The molecule has 0 atom stereocenters. The van der Waals surface area contributed by atoms with Gasteiger partial charge in [-0.15, -0.1) is 0 Å². The molecule has 0 bridgehead atoms. The fraction of sp³-hybridized carbons (Fsp3) is 0.111. The second kappa shape index (κ2) is 5.45. The van der Waals surface area contributed by atoms with Crippen molar-refractivity contribution in [3.05, 3.63) is 33.5 Å². The van der Waals surface area contributed by atoms with Gasteiger partial charge in [0.1, 0.15) is 12.4 Å². The zero-order valence-electron chi connectivity index (χ0n) is 7.31. The molecule has 0 aliphatic carbocycles. The molecule has 0 aliphatic heterocycles.